The molecule has 0 unspecified atom stereocenters. The van der Waals surface area contributed by atoms with Gasteiger partial charge in [-0.3, -0.25) is 10.1 Å². The monoisotopic (exact) mass is 470 g/mol. The Bertz CT molecular complexity index is 1180. The van der Waals surface area contributed by atoms with Crippen LogP contribution in [0.15, 0.2) is 58.3 Å². The van der Waals surface area contributed by atoms with E-state index in [9.17, 15) is 4.79 Å². The fourth-order valence-corrected chi connectivity index (χ4v) is 5.05. The molecule has 0 aliphatic rings. The van der Waals surface area contributed by atoms with Crippen LogP contribution in [0.1, 0.15) is 37.8 Å². The van der Waals surface area contributed by atoms with E-state index in [0.717, 1.165) is 33.9 Å². The molecule has 3 aromatic heterocycles. The van der Waals surface area contributed by atoms with Gasteiger partial charge >= 0.3 is 0 Å². The number of thioether (sulfide) groups is 1. The molecule has 31 heavy (non-hydrogen) atoms. The summed E-state index contributed by atoms with van der Waals surface area (Å²) in [5.74, 6) is 1.17. The predicted molar refractivity (Wildman–Crippen MR) is 124 cm³/mol. The summed E-state index contributed by atoms with van der Waals surface area (Å²) in [5, 5.41) is 8.78. The van der Waals surface area contributed by atoms with Gasteiger partial charge in [0.05, 0.1) is 11.3 Å². The Morgan fingerprint density at radius 1 is 1.19 bits per heavy atom. The van der Waals surface area contributed by atoms with Crippen molar-refractivity contribution in [3.8, 4) is 0 Å². The lowest BCUT2D eigenvalue weighted by Crippen LogP contribution is -2.13. The number of carbonyl (C=O) groups excluding carboxylic acids is 1. The quantitative estimate of drug-likeness (QED) is 0.337. The van der Waals surface area contributed by atoms with E-state index in [-0.39, 0.29) is 5.91 Å². The molecular weight excluding hydrogens is 452 g/mol. The fraction of sp³-hybridized carbons (Fsp3) is 0.182. The van der Waals surface area contributed by atoms with E-state index in [1.165, 1.54) is 23.1 Å². The number of benzene rings is 1. The van der Waals surface area contributed by atoms with Gasteiger partial charge in [-0.1, -0.05) is 28.9 Å². The van der Waals surface area contributed by atoms with Gasteiger partial charge in [-0.15, -0.1) is 23.1 Å². The third-order valence-electron chi connectivity index (χ3n) is 4.62. The number of carbonyl (C=O) groups is 1. The molecule has 0 atom stereocenters. The van der Waals surface area contributed by atoms with Crippen molar-refractivity contribution >= 4 is 45.7 Å². The van der Waals surface area contributed by atoms with Gasteiger partial charge in [0.15, 0.2) is 5.13 Å². The van der Waals surface area contributed by atoms with Gasteiger partial charge in [-0.05, 0) is 43.7 Å². The Morgan fingerprint density at radius 2 is 2.00 bits per heavy atom. The molecule has 1 N–H and O–H groups in total. The van der Waals surface area contributed by atoms with Crippen LogP contribution in [0.2, 0.25) is 5.02 Å². The summed E-state index contributed by atoms with van der Waals surface area (Å²) in [6.07, 6.45) is 4.20. The predicted octanol–water partition coefficient (Wildman–Crippen LogP) is 5.93. The van der Waals surface area contributed by atoms with Crippen molar-refractivity contribution in [2.24, 2.45) is 0 Å². The van der Waals surface area contributed by atoms with Gasteiger partial charge in [0.2, 0.25) is 0 Å². The van der Waals surface area contributed by atoms with E-state index in [1.54, 1.807) is 24.5 Å². The highest BCUT2D eigenvalue weighted by Gasteiger charge is 2.17. The zero-order valence-corrected chi connectivity index (χ0v) is 19.3. The minimum Gasteiger partial charge on any atom is -0.361 e. The van der Waals surface area contributed by atoms with Crippen LogP contribution in [-0.2, 0) is 12.2 Å². The second kappa shape index (κ2) is 9.64. The minimum atomic E-state index is -0.234. The third kappa shape index (κ3) is 5.33. The standard InChI is InChI=1S/C22H19ClN4O2S2/c1-13-19(14(2)29-27-13)12-30-21-18(4-3-9-24-21)20(28)26-22-25-11-17(31-22)10-15-5-7-16(23)8-6-15/h3-9,11H,10,12H2,1-2H3,(H,25,26,28). The number of anilines is 1. The molecule has 158 valence electrons. The molecule has 0 aliphatic carbocycles. The van der Waals surface area contributed by atoms with Crippen molar-refractivity contribution in [1.82, 2.24) is 15.1 Å². The molecule has 1 amide bonds. The van der Waals surface area contributed by atoms with E-state index >= 15 is 0 Å². The van der Waals surface area contributed by atoms with E-state index in [2.05, 4.69) is 20.4 Å². The summed E-state index contributed by atoms with van der Waals surface area (Å²) in [5.41, 5.74) is 3.52. The molecule has 0 saturated carbocycles. The van der Waals surface area contributed by atoms with Gasteiger partial charge in [0.25, 0.3) is 5.91 Å². The Labute approximate surface area is 193 Å². The highest BCUT2D eigenvalue weighted by Crippen LogP contribution is 2.28. The summed E-state index contributed by atoms with van der Waals surface area (Å²) >= 11 is 8.87. The lowest BCUT2D eigenvalue weighted by atomic mass is 10.1. The Kier molecular flexibility index (Phi) is 6.70. The lowest BCUT2D eigenvalue weighted by molar-refractivity contribution is 0.102. The maximum absolute atomic E-state index is 12.9. The van der Waals surface area contributed by atoms with E-state index in [4.69, 9.17) is 16.1 Å². The topological polar surface area (TPSA) is 80.9 Å². The molecule has 9 heteroatoms. The number of rotatable bonds is 7. The summed E-state index contributed by atoms with van der Waals surface area (Å²) in [7, 11) is 0. The molecule has 0 fully saturated rings. The van der Waals surface area contributed by atoms with Crippen molar-refractivity contribution in [1.29, 1.82) is 0 Å². The lowest BCUT2D eigenvalue weighted by Gasteiger charge is -2.07. The Hall–Kier alpha value is -2.68. The number of hydrogen-bond donors (Lipinski definition) is 1. The maximum atomic E-state index is 12.9. The first-order valence-corrected chi connectivity index (χ1v) is 11.7. The van der Waals surface area contributed by atoms with Crippen LogP contribution in [0, 0.1) is 13.8 Å². The van der Waals surface area contributed by atoms with E-state index in [1.807, 2.05) is 38.1 Å². The number of aromatic nitrogens is 3. The Balaban J connectivity index is 1.43. The van der Waals surface area contributed by atoms with Crippen LogP contribution in [0.3, 0.4) is 0 Å². The molecule has 0 bridgehead atoms. The second-order valence-electron chi connectivity index (χ2n) is 6.84. The van der Waals surface area contributed by atoms with Gasteiger partial charge in [0, 0.05) is 40.0 Å². The van der Waals surface area contributed by atoms with Crippen LogP contribution in [0.5, 0.6) is 0 Å². The van der Waals surface area contributed by atoms with E-state index in [0.29, 0.717) is 26.5 Å². The zero-order chi connectivity index (χ0) is 21.8. The van der Waals surface area contributed by atoms with Crippen LogP contribution in [0.4, 0.5) is 5.13 Å². The highest BCUT2D eigenvalue weighted by molar-refractivity contribution is 7.98. The van der Waals surface area contributed by atoms with Gasteiger partial charge in [-0.2, -0.15) is 0 Å². The summed E-state index contributed by atoms with van der Waals surface area (Å²) < 4.78 is 5.21. The first kappa shape index (κ1) is 21.5. The number of halogens is 1. The number of nitrogens with one attached hydrogen (secondary N) is 1. The van der Waals surface area contributed by atoms with Gasteiger partial charge in [-0.25, -0.2) is 9.97 Å². The molecule has 4 aromatic rings. The van der Waals surface area contributed by atoms with E-state index < -0.39 is 0 Å². The van der Waals surface area contributed by atoms with Crippen molar-refractivity contribution in [3.05, 3.63) is 86.8 Å². The number of hydrogen-bond acceptors (Lipinski definition) is 7. The van der Waals surface area contributed by atoms with Crippen molar-refractivity contribution in [3.63, 3.8) is 0 Å². The van der Waals surface area contributed by atoms with Crippen molar-refractivity contribution in [2.75, 3.05) is 5.32 Å². The average Bonchev–Trinajstić information content (AvgIpc) is 3.34. The molecule has 0 radical (unpaired) electrons. The Morgan fingerprint density at radius 3 is 2.74 bits per heavy atom. The normalized spacial score (nSPS) is 10.9. The summed E-state index contributed by atoms with van der Waals surface area (Å²) in [6.45, 7) is 3.79. The third-order valence-corrected chi connectivity index (χ3v) is 6.81. The smallest absolute Gasteiger partial charge is 0.260 e. The molecule has 3 heterocycles. The SMILES string of the molecule is Cc1noc(C)c1CSc1ncccc1C(=O)Nc1ncc(Cc2ccc(Cl)cc2)s1. The zero-order valence-electron chi connectivity index (χ0n) is 16.9. The summed E-state index contributed by atoms with van der Waals surface area (Å²) in [6, 6.07) is 11.2. The second-order valence-corrected chi connectivity index (χ2v) is 9.35. The molecule has 0 spiro atoms. The number of amides is 1. The molecule has 0 aliphatic heterocycles. The van der Waals surface area contributed by atoms with Crippen molar-refractivity contribution in [2.45, 2.75) is 31.0 Å². The first-order chi connectivity index (χ1) is 15.0. The molecular formula is C22H19ClN4O2S2. The van der Waals surface area contributed by atoms with Gasteiger partial charge in [0.1, 0.15) is 10.8 Å². The molecule has 6 nitrogen and oxygen atoms in total. The number of pyridine rings is 1. The van der Waals surface area contributed by atoms with Crippen molar-refractivity contribution < 1.29 is 9.32 Å². The summed E-state index contributed by atoms with van der Waals surface area (Å²) in [4.78, 5) is 22.7. The number of nitrogens with zero attached hydrogens (tertiary/aromatic N) is 3. The largest absolute Gasteiger partial charge is 0.361 e. The van der Waals surface area contributed by atoms with Crippen LogP contribution < -0.4 is 5.32 Å². The minimum absolute atomic E-state index is 0.234. The molecule has 4 rings (SSSR count). The first-order valence-electron chi connectivity index (χ1n) is 9.49. The fourth-order valence-electron chi connectivity index (χ4n) is 2.94. The van der Waals surface area contributed by atoms with Crippen LogP contribution in [-0.4, -0.2) is 21.0 Å². The van der Waals surface area contributed by atoms with Crippen LogP contribution >= 0.6 is 34.7 Å². The number of thiazole rings is 1. The maximum Gasteiger partial charge on any atom is 0.260 e. The molecule has 1 aromatic carbocycles. The average molecular weight is 471 g/mol. The van der Waals surface area contributed by atoms with Crippen LogP contribution in [0.25, 0.3) is 0 Å². The highest BCUT2D eigenvalue weighted by atomic mass is 35.5. The van der Waals surface area contributed by atoms with Gasteiger partial charge < -0.3 is 4.52 Å². The molecule has 0 saturated heterocycles. The number of aryl methyl sites for hydroxylation is 2.